The standard InChI is InChI=1S/C15H31N5O3S.HI/c1-6-13(21)20-9-8-12(10-20)18-14(16-7-2)17-11-15(3,4)19-24(5,22)23;/h12,19H,6-11H2,1-5H3,(H2,16,17,18);1H. The zero-order valence-corrected chi connectivity index (χ0v) is 18.9. The Hall–Kier alpha value is -0.620. The Morgan fingerprint density at radius 2 is 1.96 bits per heavy atom. The topological polar surface area (TPSA) is 103 Å². The van der Waals surface area contributed by atoms with Crippen LogP contribution >= 0.6 is 24.0 Å². The fourth-order valence-corrected chi connectivity index (χ4v) is 3.72. The number of aliphatic imine (C=N–C) groups is 1. The maximum absolute atomic E-state index is 11.7. The van der Waals surface area contributed by atoms with Crippen molar-refractivity contribution in [3.05, 3.63) is 0 Å². The smallest absolute Gasteiger partial charge is 0.222 e. The maximum Gasteiger partial charge on any atom is 0.222 e. The maximum atomic E-state index is 11.7. The molecule has 0 aromatic heterocycles. The number of hydrogen-bond donors (Lipinski definition) is 3. The van der Waals surface area contributed by atoms with E-state index in [4.69, 9.17) is 0 Å². The first kappa shape index (κ1) is 24.4. The van der Waals surface area contributed by atoms with E-state index in [1.807, 2.05) is 18.7 Å². The molecule has 0 aromatic rings. The van der Waals surface area contributed by atoms with Crippen molar-refractivity contribution in [3.63, 3.8) is 0 Å². The molecule has 1 aliphatic heterocycles. The van der Waals surface area contributed by atoms with E-state index < -0.39 is 15.6 Å². The first-order chi connectivity index (χ1) is 11.1. The van der Waals surface area contributed by atoms with Gasteiger partial charge in [-0.15, -0.1) is 24.0 Å². The molecule has 0 aliphatic carbocycles. The Kier molecular flexibility index (Phi) is 10.2. The summed E-state index contributed by atoms with van der Waals surface area (Å²) in [5.74, 6) is 0.802. The summed E-state index contributed by atoms with van der Waals surface area (Å²) >= 11 is 0. The molecule has 1 fully saturated rings. The molecule has 8 nitrogen and oxygen atoms in total. The molecule has 1 heterocycles. The Balaban J connectivity index is 0.00000576. The van der Waals surface area contributed by atoms with Crippen molar-refractivity contribution in [1.82, 2.24) is 20.3 Å². The molecule has 0 aromatic carbocycles. The average Bonchev–Trinajstić information content (AvgIpc) is 2.90. The van der Waals surface area contributed by atoms with Gasteiger partial charge in [-0.2, -0.15) is 0 Å². The molecule has 0 bridgehead atoms. The van der Waals surface area contributed by atoms with Gasteiger partial charge in [0.1, 0.15) is 0 Å². The van der Waals surface area contributed by atoms with Gasteiger partial charge in [0.05, 0.1) is 12.8 Å². The number of sulfonamides is 1. The minimum absolute atomic E-state index is 0. The van der Waals surface area contributed by atoms with E-state index >= 15 is 0 Å². The lowest BCUT2D eigenvalue weighted by atomic mass is 10.1. The van der Waals surface area contributed by atoms with Gasteiger partial charge in [0, 0.05) is 37.6 Å². The normalized spacial score (nSPS) is 18.7. The molecule has 1 unspecified atom stereocenters. The molecule has 25 heavy (non-hydrogen) atoms. The van der Waals surface area contributed by atoms with Crippen LogP contribution in [0, 0.1) is 0 Å². The molecule has 1 atom stereocenters. The molecule has 1 rings (SSSR count). The van der Waals surface area contributed by atoms with Gasteiger partial charge in [-0.1, -0.05) is 6.92 Å². The summed E-state index contributed by atoms with van der Waals surface area (Å²) in [7, 11) is -3.29. The summed E-state index contributed by atoms with van der Waals surface area (Å²) in [5.41, 5.74) is -0.671. The highest BCUT2D eigenvalue weighted by atomic mass is 127. The lowest BCUT2D eigenvalue weighted by Gasteiger charge is -2.24. The van der Waals surface area contributed by atoms with Gasteiger partial charge in [0.25, 0.3) is 0 Å². The van der Waals surface area contributed by atoms with E-state index in [9.17, 15) is 13.2 Å². The third-order valence-corrected chi connectivity index (χ3v) is 4.55. The Labute approximate surface area is 168 Å². The zero-order chi connectivity index (χ0) is 18.4. The van der Waals surface area contributed by atoms with E-state index in [0.717, 1.165) is 19.2 Å². The average molecular weight is 489 g/mol. The molecule has 1 amide bonds. The van der Waals surface area contributed by atoms with Crippen LogP contribution in [0.15, 0.2) is 4.99 Å². The second-order valence-corrected chi connectivity index (χ2v) is 8.52. The molecule has 148 valence electrons. The van der Waals surface area contributed by atoms with E-state index in [2.05, 4.69) is 20.3 Å². The molecule has 10 heteroatoms. The first-order valence-electron chi connectivity index (χ1n) is 8.38. The van der Waals surface area contributed by atoms with E-state index in [0.29, 0.717) is 32.0 Å². The number of carbonyl (C=O) groups excluding carboxylic acids is 1. The van der Waals surface area contributed by atoms with Crippen molar-refractivity contribution >= 4 is 45.9 Å². The van der Waals surface area contributed by atoms with Crippen LogP contribution in [0.25, 0.3) is 0 Å². The third-order valence-electron chi connectivity index (χ3n) is 3.62. The monoisotopic (exact) mass is 489 g/mol. The van der Waals surface area contributed by atoms with Gasteiger partial charge in [-0.3, -0.25) is 9.79 Å². The summed E-state index contributed by atoms with van der Waals surface area (Å²) in [4.78, 5) is 18.1. The summed E-state index contributed by atoms with van der Waals surface area (Å²) in [5, 5.41) is 6.49. The Morgan fingerprint density at radius 3 is 2.48 bits per heavy atom. The minimum Gasteiger partial charge on any atom is -0.357 e. The number of rotatable bonds is 7. The number of guanidine groups is 1. The predicted octanol–water partition coefficient (Wildman–Crippen LogP) is 0.498. The van der Waals surface area contributed by atoms with Gasteiger partial charge in [0.2, 0.25) is 15.9 Å². The van der Waals surface area contributed by atoms with Crippen LogP contribution in [0.1, 0.15) is 40.5 Å². The van der Waals surface area contributed by atoms with Gasteiger partial charge in [-0.25, -0.2) is 13.1 Å². The lowest BCUT2D eigenvalue weighted by Crippen LogP contribution is -2.48. The van der Waals surface area contributed by atoms with Crippen molar-refractivity contribution in [2.24, 2.45) is 4.99 Å². The van der Waals surface area contributed by atoms with Crippen LogP contribution in [0.3, 0.4) is 0 Å². The van der Waals surface area contributed by atoms with Crippen LogP contribution in [-0.2, 0) is 14.8 Å². The minimum atomic E-state index is -3.29. The third kappa shape index (κ3) is 9.59. The number of nitrogens with one attached hydrogen (secondary N) is 3. The Morgan fingerprint density at radius 1 is 1.32 bits per heavy atom. The van der Waals surface area contributed by atoms with E-state index in [1.165, 1.54) is 0 Å². The van der Waals surface area contributed by atoms with Crippen LogP contribution in [-0.4, -0.2) is 69.2 Å². The molecular weight excluding hydrogens is 457 g/mol. The number of nitrogens with zero attached hydrogens (tertiary/aromatic N) is 2. The van der Waals surface area contributed by atoms with Gasteiger partial charge < -0.3 is 15.5 Å². The van der Waals surface area contributed by atoms with Crippen LogP contribution < -0.4 is 15.4 Å². The number of carbonyl (C=O) groups is 1. The van der Waals surface area contributed by atoms with Crippen molar-refractivity contribution in [2.75, 3.05) is 32.4 Å². The van der Waals surface area contributed by atoms with Crippen LogP contribution in [0.5, 0.6) is 0 Å². The molecule has 1 aliphatic rings. The molecule has 0 saturated carbocycles. The molecular formula is C15H32IN5O3S. The van der Waals surface area contributed by atoms with Crippen molar-refractivity contribution in [1.29, 1.82) is 0 Å². The SMILES string of the molecule is CCNC(=NCC(C)(C)NS(C)(=O)=O)NC1CCN(C(=O)CC)C1.I. The van der Waals surface area contributed by atoms with Crippen molar-refractivity contribution < 1.29 is 13.2 Å². The highest BCUT2D eigenvalue weighted by Crippen LogP contribution is 2.10. The van der Waals surface area contributed by atoms with Crippen LogP contribution in [0.4, 0.5) is 0 Å². The summed E-state index contributed by atoms with van der Waals surface area (Å²) < 4.78 is 25.4. The van der Waals surface area contributed by atoms with Gasteiger partial charge >= 0.3 is 0 Å². The first-order valence-corrected chi connectivity index (χ1v) is 10.3. The predicted molar refractivity (Wildman–Crippen MR) is 112 cm³/mol. The molecule has 0 radical (unpaired) electrons. The molecule has 0 spiro atoms. The molecule has 3 N–H and O–H groups in total. The van der Waals surface area contributed by atoms with E-state index in [-0.39, 0.29) is 35.9 Å². The van der Waals surface area contributed by atoms with E-state index in [1.54, 1.807) is 13.8 Å². The largest absolute Gasteiger partial charge is 0.357 e. The summed E-state index contributed by atoms with van der Waals surface area (Å²) in [6.07, 6.45) is 2.53. The lowest BCUT2D eigenvalue weighted by molar-refractivity contribution is -0.129. The van der Waals surface area contributed by atoms with Gasteiger partial charge in [-0.05, 0) is 27.2 Å². The number of hydrogen-bond acceptors (Lipinski definition) is 4. The zero-order valence-electron chi connectivity index (χ0n) is 15.8. The highest BCUT2D eigenvalue weighted by molar-refractivity contribution is 14.0. The van der Waals surface area contributed by atoms with Gasteiger partial charge in [0.15, 0.2) is 5.96 Å². The quantitative estimate of drug-likeness (QED) is 0.275. The molecule has 1 saturated heterocycles. The Bertz CT molecular complexity index is 566. The number of amides is 1. The second kappa shape index (κ2) is 10.5. The highest BCUT2D eigenvalue weighted by Gasteiger charge is 2.26. The van der Waals surface area contributed by atoms with Crippen molar-refractivity contribution in [2.45, 2.75) is 52.1 Å². The number of halogens is 1. The summed E-state index contributed by atoms with van der Waals surface area (Å²) in [6.45, 7) is 9.85. The summed E-state index contributed by atoms with van der Waals surface area (Å²) in [6, 6.07) is 0.157. The second-order valence-electron chi connectivity index (χ2n) is 6.78. The fraction of sp³-hybridized carbons (Fsp3) is 0.867. The number of likely N-dealkylation sites (tertiary alicyclic amines) is 1. The fourth-order valence-electron chi connectivity index (χ4n) is 2.65. The van der Waals surface area contributed by atoms with Crippen molar-refractivity contribution in [3.8, 4) is 0 Å². The van der Waals surface area contributed by atoms with Crippen LogP contribution in [0.2, 0.25) is 0 Å².